The van der Waals surface area contributed by atoms with Crippen molar-refractivity contribution < 1.29 is 22.7 Å². The zero-order chi connectivity index (χ0) is 19.3. The van der Waals surface area contributed by atoms with E-state index in [2.05, 4.69) is 5.32 Å². The lowest BCUT2D eigenvalue weighted by Crippen LogP contribution is -2.37. The Balaban J connectivity index is 2.28. The molecule has 0 atom stereocenters. The van der Waals surface area contributed by atoms with Crippen molar-refractivity contribution in [3.8, 4) is 11.5 Å². The Hall–Kier alpha value is -2.74. The first-order valence-electron chi connectivity index (χ1n) is 7.81. The lowest BCUT2D eigenvalue weighted by Gasteiger charge is -2.23. The van der Waals surface area contributed by atoms with E-state index in [-0.39, 0.29) is 6.54 Å². The molecule has 0 fully saturated rings. The summed E-state index contributed by atoms with van der Waals surface area (Å²) >= 11 is 0. The van der Waals surface area contributed by atoms with Crippen molar-refractivity contribution >= 4 is 27.3 Å². The highest BCUT2D eigenvalue weighted by atomic mass is 32.2. The number of ether oxygens (including phenoxy) is 2. The summed E-state index contributed by atoms with van der Waals surface area (Å²) in [5.74, 6) is 0.492. The Kier molecular flexibility index (Phi) is 6.10. The zero-order valence-corrected chi connectivity index (χ0v) is 16.0. The number of nitrogens with zero attached hydrogens (tertiary/aromatic N) is 1. The van der Waals surface area contributed by atoms with E-state index in [1.807, 2.05) is 0 Å². The fourth-order valence-corrected chi connectivity index (χ4v) is 3.37. The van der Waals surface area contributed by atoms with Gasteiger partial charge in [-0.3, -0.25) is 9.10 Å². The highest BCUT2D eigenvalue weighted by Crippen LogP contribution is 2.29. The molecular weight excluding hydrogens is 356 g/mol. The molecule has 0 radical (unpaired) electrons. The fourth-order valence-electron chi connectivity index (χ4n) is 2.46. The van der Waals surface area contributed by atoms with Gasteiger partial charge in [0.1, 0.15) is 18.0 Å². The van der Waals surface area contributed by atoms with Crippen LogP contribution in [0.5, 0.6) is 11.5 Å². The van der Waals surface area contributed by atoms with Crippen molar-refractivity contribution in [2.45, 2.75) is 6.92 Å². The van der Waals surface area contributed by atoms with E-state index < -0.39 is 15.9 Å². The molecule has 0 saturated heterocycles. The molecule has 7 nitrogen and oxygen atoms in total. The molecule has 0 saturated carbocycles. The summed E-state index contributed by atoms with van der Waals surface area (Å²) in [6.45, 7) is 1.43. The summed E-state index contributed by atoms with van der Waals surface area (Å²) in [6, 6.07) is 11.9. The van der Waals surface area contributed by atoms with Gasteiger partial charge in [0, 0.05) is 6.07 Å². The Bertz CT molecular complexity index is 896. The summed E-state index contributed by atoms with van der Waals surface area (Å²) in [6.07, 6.45) is 1.07. The van der Waals surface area contributed by atoms with E-state index in [9.17, 15) is 13.2 Å². The van der Waals surface area contributed by atoms with Crippen LogP contribution >= 0.6 is 0 Å². The number of para-hydroxylation sites is 1. The van der Waals surface area contributed by atoms with Crippen molar-refractivity contribution in [3.63, 3.8) is 0 Å². The van der Waals surface area contributed by atoms with Crippen molar-refractivity contribution in [1.29, 1.82) is 0 Å². The Morgan fingerprint density at radius 1 is 1.12 bits per heavy atom. The lowest BCUT2D eigenvalue weighted by atomic mass is 10.2. The number of carbonyl (C=O) groups excluding carboxylic acids is 1. The van der Waals surface area contributed by atoms with Crippen molar-refractivity contribution in [2.24, 2.45) is 0 Å². The number of benzene rings is 2. The molecule has 8 heteroatoms. The van der Waals surface area contributed by atoms with Crippen LogP contribution in [0.3, 0.4) is 0 Å². The van der Waals surface area contributed by atoms with Crippen molar-refractivity contribution in [3.05, 3.63) is 48.0 Å². The summed E-state index contributed by atoms with van der Waals surface area (Å²) < 4.78 is 35.8. The molecule has 1 N–H and O–H groups in total. The first kappa shape index (κ1) is 19.6. The number of anilines is 2. The number of carbonyl (C=O) groups is 1. The van der Waals surface area contributed by atoms with Crippen molar-refractivity contribution in [2.75, 3.05) is 36.6 Å². The third-order valence-corrected chi connectivity index (χ3v) is 4.88. The van der Waals surface area contributed by atoms with Crippen LogP contribution in [0, 0.1) is 6.92 Å². The van der Waals surface area contributed by atoms with E-state index in [1.165, 1.54) is 14.2 Å². The Morgan fingerprint density at radius 3 is 2.38 bits per heavy atom. The van der Waals surface area contributed by atoms with Gasteiger partial charge in [0.15, 0.2) is 0 Å². The first-order chi connectivity index (χ1) is 12.3. The van der Waals surface area contributed by atoms with Crippen LogP contribution in [0.25, 0.3) is 0 Å². The average Bonchev–Trinajstić information content (AvgIpc) is 2.59. The second-order valence-corrected chi connectivity index (χ2v) is 7.58. The molecule has 0 aliphatic rings. The van der Waals surface area contributed by atoms with E-state index in [1.54, 1.807) is 49.4 Å². The lowest BCUT2D eigenvalue weighted by molar-refractivity contribution is -0.114. The van der Waals surface area contributed by atoms with Gasteiger partial charge in [-0.25, -0.2) is 8.42 Å². The SMILES string of the molecule is COc1ccc(OC)c(NC(=O)CN(c2ccccc2C)S(C)(=O)=O)c1. The van der Waals surface area contributed by atoms with Gasteiger partial charge in [0.25, 0.3) is 0 Å². The molecule has 0 unspecified atom stereocenters. The number of hydrogen-bond donors (Lipinski definition) is 1. The largest absolute Gasteiger partial charge is 0.497 e. The predicted molar refractivity (Wildman–Crippen MR) is 102 cm³/mol. The highest BCUT2D eigenvalue weighted by Gasteiger charge is 2.22. The number of hydrogen-bond acceptors (Lipinski definition) is 5. The molecule has 1 amide bonds. The van der Waals surface area contributed by atoms with E-state index in [0.717, 1.165) is 16.1 Å². The average molecular weight is 378 g/mol. The van der Waals surface area contributed by atoms with Crippen LogP contribution in [0.15, 0.2) is 42.5 Å². The highest BCUT2D eigenvalue weighted by molar-refractivity contribution is 7.92. The monoisotopic (exact) mass is 378 g/mol. The maximum absolute atomic E-state index is 12.5. The van der Waals surface area contributed by atoms with Crippen molar-refractivity contribution in [1.82, 2.24) is 0 Å². The topological polar surface area (TPSA) is 84.9 Å². The summed E-state index contributed by atoms with van der Waals surface area (Å²) in [7, 11) is -0.649. The first-order valence-corrected chi connectivity index (χ1v) is 9.66. The third-order valence-electron chi connectivity index (χ3n) is 3.75. The van der Waals surface area contributed by atoms with Crippen LogP contribution in [-0.4, -0.2) is 41.3 Å². The van der Waals surface area contributed by atoms with Gasteiger partial charge in [-0.1, -0.05) is 18.2 Å². The number of sulfonamides is 1. The molecule has 140 valence electrons. The maximum Gasteiger partial charge on any atom is 0.245 e. The predicted octanol–water partition coefficient (Wildman–Crippen LogP) is 2.42. The van der Waals surface area contributed by atoms with Crippen LogP contribution in [0.4, 0.5) is 11.4 Å². The standard InChI is InChI=1S/C18H22N2O5S/c1-13-7-5-6-8-16(13)20(26(4,22)23)12-18(21)19-15-11-14(24-2)9-10-17(15)25-3/h5-11H,12H2,1-4H3,(H,19,21). The van der Waals surface area contributed by atoms with Crippen LogP contribution in [0.1, 0.15) is 5.56 Å². The second kappa shape index (κ2) is 8.09. The summed E-state index contributed by atoms with van der Waals surface area (Å²) in [5, 5.41) is 2.68. The number of rotatable bonds is 7. The molecule has 0 aliphatic heterocycles. The zero-order valence-electron chi connectivity index (χ0n) is 15.1. The summed E-state index contributed by atoms with van der Waals surface area (Å²) in [4.78, 5) is 12.5. The normalized spacial score (nSPS) is 10.9. The van der Waals surface area contributed by atoms with Gasteiger partial charge in [-0.2, -0.15) is 0 Å². The van der Waals surface area contributed by atoms with Crippen LogP contribution < -0.4 is 19.1 Å². The molecule has 0 spiro atoms. The summed E-state index contributed by atoms with van der Waals surface area (Å²) in [5.41, 5.74) is 1.61. The molecular formula is C18H22N2O5S. The molecule has 0 bridgehead atoms. The molecule has 0 heterocycles. The minimum Gasteiger partial charge on any atom is -0.497 e. The number of methoxy groups -OCH3 is 2. The van der Waals surface area contributed by atoms with E-state index in [0.29, 0.717) is 22.9 Å². The van der Waals surface area contributed by atoms with Gasteiger partial charge >= 0.3 is 0 Å². The van der Waals surface area contributed by atoms with Gasteiger partial charge in [-0.05, 0) is 30.7 Å². The van der Waals surface area contributed by atoms with Gasteiger partial charge in [0.05, 0.1) is 31.9 Å². The molecule has 2 aromatic carbocycles. The van der Waals surface area contributed by atoms with Gasteiger partial charge in [-0.15, -0.1) is 0 Å². The number of aryl methyl sites for hydroxylation is 1. The minimum atomic E-state index is -3.64. The van der Waals surface area contributed by atoms with Crippen LogP contribution in [-0.2, 0) is 14.8 Å². The minimum absolute atomic E-state index is 0.357. The van der Waals surface area contributed by atoms with Gasteiger partial charge in [0.2, 0.25) is 15.9 Å². The number of nitrogens with one attached hydrogen (secondary N) is 1. The van der Waals surface area contributed by atoms with E-state index >= 15 is 0 Å². The van der Waals surface area contributed by atoms with Crippen LogP contribution in [0.2, 0.25) is 0 Å². The molecule has 0 aromatic heterocycles. The Labute approximate surface area is 153 Å². The Morgan fingerprint density at radius 2 is 1.81 bits per heavy atom. The fraction of sp³-hybridized carbons (Fsp3) is 0.278. The van der Waals surface area contributed by atoms with Gasteiger partial charge < -0.3 is 14.8 Å². The maximum atomic E-state index is 12.5. The third kappa shape index (κ3) is 4.66. The van der Waals surface area contributed by atoms with E-state index in [4.69, 9.17) is 9.47 Å². The quantitative estimate of drug-likeness (QED) is 0.800. The smallest absolute Gasteiger partial charge is 0.245 e. The second-order valence-electron chi connectivity index (χ2n) is 5.67. The number of amides is 1. The molecule has 0 aliphatic carbocycles. The molecule has 2 rings (SSSR count). The molecule has 26 heavy (non-hydrogen) atoms. The molecule has 2 aromatic rings.